The molecular formula is C26H38N2O2. The highest BCUT2D eigenvalue weighted by Gasteiger charge is 2.29. The van der Waals surface area contributed by atoms with Gasteiger partial charge in [0.25, 0.3) is 0 Å². The average molecular weight is 411 g/mol. The van der Waals surface area contributed by atoms with E-state index in [-0.39, 0.29) is 12.1 Å². The van der Waals surface area contributed by atoms with Crippen molar-refractivity contribution in [2.24, 2.45) is 23.3 Å². The molecule has 164 valence electrons. The molecule has 0 saturated heterocycles. The van der Waals surface area contributed by atoms with Crippen molar-refractivity contribution in [3.05, 3.63) is 35.4 Å². The summed E-state index contributed by atoms with van der Waals surface area (Å²) in [5.41, 5.74) is 15.9. The monoisotopic (exact) mass is 410 g/mol. The SMILES string of the molecule is COc1ccc2c(OC)c(C(N)C3CCCCC3)ccc2c1C(N)C1CCCCC1. The van der Waals surface area contributed by atoms with Gasteiger partial charge in [-0.05, 0) is 55.0 Å². The molecule has 2 aromatic rings. The van der Waals surface area contributed by atoms with Gasteiger partial charge in [0, 0.05) is 28.6 Å². The highest BCUT2D eigenvalue weighted by Crippen LogP contribution is 2.45. The molecule has 2 saturated carbocycles. The number of hydrogen-bond acceptors (Lipinski definition) is 4. The van der Waals surface area contributed by atoms with Crippen LogP contribution < -0.4 is 20.9 Å². The van der Waals surface area contributed by atoms with Crippen LogP contribution >= 0.6 is 0 Å². The third-order valence-electron chi connectivity index (χ3n) is 7.62. The Hall–Kier alpha value is -1.78. The first-order valence-corrected chi connectivity index (χ1v) is 11.8. The molecule has 30 heavy (non-hydrogen) atoms. The number of benzene rings is 2. The number of methoxy groups -OCH3 is 2. The van der Waals surface area contributed by atoms with E-state index in [2.05, 4.69) is 24.3 Å². The van der Waals surface area contributed by atoms with Gasteiger partial charge in [0.05, 0.1) is 14.2 Å². The van der Waals surface area contributed by atoms with E-state index in [1.54, 1.807) is 14.2 Å². The minimum absolute atomic E-state index is 0.0159. The molecule has 0 radical (unpaired) electrons. The van der Waals surface area contributed by atoms with Crippen LogP contribution in [0.15, 0.2) is 24.3 Å². The highest BCUT2D eigenvalue weighted by atomic mass is 16.5. The molecule has 0 aromatic heterocycles. The van der Waals surface area contributed by atoms with Crippen LogP contribution in [0.1, 0.15) is 87.4 Å². The number of rotatable bonds is 6. The van der Waals surface area contributed by atoms with Crippen molar-refractivity contribution >= 4 is 10.8 Å². The second kappa shape index (κ2) is 9.57. The molecule has 0 amide bonds. The normalized spacial score (nSPS) is 20.8. The van der Waals surface area contributed by atoms with Crippen molar-refractivity contribution < 1.29 is 9.47 Å². The Bertz CT molecular complexity index is 854. The average Bonchev–Trinajstić information content (AvgIpc) is 2.82. The van der Waals surface area contributed by atoms with Gasteiger partial charge in [0.15, 0.2) is 0 Å². The maximum absolute atomic E-state index is 6.87. The van der Waals surface area contributed by atoms with Crippen LogP contribution in [0.3, 0.4) is 0 Å². The van der Waals surface area contributed by atoms with Gasteiger partial charge >= 0.3 is 0 Å². The largest absolute Gasteiger partial charge is 0.496 e. The Morgan fingerprint density at radius 1 is 0.700 bits per heavy atom. The van der Waals surface area contributed by atoms with E-state index in [4.69, 9.17) is 20.9 Å². The van der Waals surface area contributed by atoms with Gasteiger partial charge in [-0.3, -0.25) is 0 Å². The predicted molar refractivity (Wildman–Crippen MR) is 124 cm³/mol. The molecule has 2 aliphatic carbocycles. The molecule has 2 unspecified atom stereocenters. The van der Waals surface area contributed by atoms with E-state index in [0.29, 0.717) is 11.8 Å². The van der Waals surface area contributed by atoms with Crippen molar-refractivity contribution in [1.29, 1.82) is 0 Å². The lowest BCUT2D eigenvalue weighted by atomic mass is 9.79. The highest BCUT2D eigenvalue weighted by molar-refractivity contribution is 5.94. The first-order valence-electron chi connectivity index (χ1n) is 11.8. The molecule has 4 rings (SSSR count). The van der Waals surface area contributed by atoms with Crippen LogP contribution in [0, 0.1) is 11.8 Å². The summed E-state index contributed by atoms with van der Waals surface area (Å²) >= 11 is 0. The smallest absolute Gasteiger partial charge is 0.131 e. The lowest BCUT2D eigenvalue weighted by Gasteiger charge is -2.31. The zero-order valence-corrected chi connectivity index (χ0v) is 18.7. The topological polar surface area (TPSA) is 70.5 Å². The van der Waals surface area contributed by atoms with Crippen molar-refractivity contribution in [2.45, 2.75) is 76.3 Å². The molecule has 0 bridgehead atoms. The summed E-state index contributed by atoms with van der Waals surface area (Å²) in [6.07, 6.45) is 12.6. The van der Waals surface area contributed by atoms with E-state index in [0.717, 1.165) is 33.4 Å². The van der Waals surface area contributed by atoms with E-state index < -0.39 is 0 Å². The third-order valence-corrected chi connectivity index (χ3v) is 7.62. The molecule has 0 spiro atoms. The van der Waals surface area contributed by atoms with E-state index in [9.17, 15) is 0 Å². The van der Waals surface area contributed by atoms with Crippen LogP contribution in [0.2, 0.25) is 0 Å². The standard InChI is InChI=1S/C26H38N2O2/c1-29-22-16-15-20-19(23(22)25(28)18-11-7-4-8-12-18)13-14-21(26(20)30-2)24(27)17-9-5-3-6-10-17/h13-18,24-25H,3-12,27-28H2,1-2H3. The van der Waals surface area contributed by atoms with E-state index in [1.165, 1.54) is 64.2 Å². The first-order chi connectivity index (χ1) is 14.7. The second-order valence-electron chi connectivity index (χ2n) is 9.31. The molecule has 4 N–H and O–H groups in total. The molecule has 2 atom stereocenters. The van der Waals surface area contributed by atoms with Gasteiger partial charge < -0.3 is 20.9 Å². The fourth-order valence-corrected chi connectivity index (χ4v) is 5.89. The Balaban J connectivity index is 1.78. The Kier molecular flexibility index (Phi) is 6.84. The Morgan fingerprint density at radius 2 is 1.27 bits per heavy atom. The zero-order chi connectivity index (χ0) is 21.1. The second-order valence-corrected chi connectivity index (χ2v) is 9.31. The molecule has 2 aromatic carbocycles. The number of hydrogen-bond donors (Lipinski definition) is 2. The molecule has 4 nitrogen and oxygen atoms in total. The number of nitrogens with two attached hydrogens (primary N) is 2. The van der Waals surface area contributed by atoms with E-state index in [1.807, 2.05) is 0 Å². The fourth-order valence-electron chi connectivity index (χ4n) is 5.89. The van der Waals surface area contributed by atoms with Gasteiger partial charge in [-0.15, -0.1) is 0 Å². The molecular weight excluding hydrogens is 372 g/mol. The van der Waals surface area contributed by atoms with Gasteiger partial charge in [0.2, 0.25) is 0 Å². The van der Waals surface area contributed by atoms with Gasteiger partial charge in [0.1, 0.15) is 11.5 Å². The minimum Gasteiger partial charge on any atom is -0.496 e. The number of ether oxygens (including phenoxy) is 2. The summed E-state index contributed by atoms with van der Waals surface area (Å²) in [7, 11) is 3.50. The number of fused-ring (bicyclic) bond motifs is 1. The van der Waals surface area contributed by atoms with Crippen LogP contribution in [0.4, 0.5) is 0 Å². The molecule has 2 fully saturated rings. The van der Waals surface area contributed by atoms with Crippen molar-refractivity contribution in [2.75, 3.05) is 14.2 Å². The Morgan fingerprint density at radius 3 is 1.83 bits per heavy atom. The summed E-state index contributed by atoms with van der Waals surface area (Å²) in [4.78, 5) is 0. The molecule has 0 heterocycles. The van der Waals surface area contributed by atoms with Gasteiger partial charge in [-0.2, -0.15) is 0 Å². The molecule has 4 heteroatoms. The van der Waals surface area contributed by atoms with Crippen LogP contribution in [-0.4, -0.2) is 14.2 Å². The van der Waals surface area contributed by atoms with Crippen LogP contribution in [-0.2, 0) is 0 Å². The maximum atomic E-state index is 6.87. The van der Waals surface area contributed by atoms with Crippen molar-refractivity contribution in [3.63, 3.8) is 0 Å². The quantitative estimate of drug-likeness (QED) is 0.611. The summed E-state index contributed by atoms with van der Waals surface area (Å²) in [6.45, 7) is 0. The summed E-state index contributed by atoms with van der Waals surface area (Å²) < 4.78 is 11.7. The summed E-state index contributed by atoms with van der Waals surface area (Å²) in [6, 6.07) is 8.54. The van der Waals surface area contributed by atoms with Crippen LogP contribution in [0.25, 0.3) is 10.8 Å². The zero-order valence-electron chi connectivity index (χ0n) is 18.7. The van der Waals surface area contributed by atoms with Gasteiger partial charge in [-0.1, -0.05) is 50.7 Å². The van der Waals surface area contributed by atoms with E-state index >= 15 is 0 Å². The van der Waals surface area contributed by atoms with Crippen molar-refractivity contribution in [1.82, 2.24) is 0 Å². The lowest BCUT2D eigenvalue weighted by Crippen LogP contribution is -2.25. The molecule has 2 aliphatic rings. The molecule has 0 aliphatic heterocycles. The predicted octanol–water partition coefficient (Wildman–Crippen LogP) is 6.02. The minimum atomic E-state index is -0.0217. The van der Waals surface area contributed by atoms with Gasteiger partial charge in [-0.25, -0.2) is 0 Å². The maximum Gasteiger partial charge on any atom is 0.131 e. The summed E-state index contributed by atoms with van der Waals surface area (Å²) in [5, 5.41) is 2.24. The third kappa shape index (κ3) is 4.04. The first kappa shape index (κ1) is 21.5. The summed E-state index contributed by atoms with van der Waals surface area (Å²) in [5.74, 6) is 2.83. The Labute approximate surface area is 181 Å². The van der Waals surface area contributed by atoms with Crippen molar-refractivity contribution in [3.8, 4) is 11.5 Å². The lowest BCUT2D eigenvalue weighted by molar-refractivity contribution is 0.301. The van der Waals surface area contributed by atoms with Crippen LogP contribution in [0.5, 0.6) is 11.5 Å². The fraction of sp³-hybridized carbons (Fsp3) is 0.615.